The number of nitrogens with one attached hydrogen (secondary N) is 1. The van der Waals surface area contributed by atoms with Crippen LogP contribution in [-0.4, -0.2) is 28.1 Å². The van der Waals surface area contributed by atoms with Crippen molar-refractivity contribution in [1.82, 2.24) is 0 Å². The molecule has 1 aromatic rings. The van der Waals surface area contributed by atoms with E-state index in [1.54, 1.807) is 19.1 Å². The van der Waals surface area contributed by atoms with Gasteiger partial charge in [-0.25, -0.2) is 4.79 Å². The molecule has 0 heterocycles. The fraction of sp³-hybridized carbons (Fsp3) is 0.308. The van der Waals surface area contributed by atoms with Gasteiger partial charge in [-0.1, -0.05) is 19.1 Å². The van der Waals surface area contributed by atoms with E-state index in [1.807, 2.05) is 0 Å². The maximum atomic E-state index is 11.7. The molecule has 0 aliphatic heterocycles. The standard InChI is InChI=1S/C13H15NO5/c1-8(7-12(16)17)6-11(15)14-10-5-3-2-4-9(10)13(18)19/h2-5,8H,6-7H2,1H3,(H,14,15)(H,16,17)(H,18,19)/t8-/m0/s1. The van der Waals surface area contributed by atoms with Crippen LogP contribution in [0.1, 0.15) is 30.1 Å². The molecule has 0 saturated carbocycles. The number of hydrogen-bond acceptors (Lipinski definition) is 3. The van der Waals surface area contributed by atoms with E-state index < -0.39 is 17.8 Å². The lowest BCUT2D eigenvalue weighted by molar-refractivity contribution is -0.138. The molecule has 102 valence electrons. The van der Waals surface area contributed by atoms with E-state index in [1.165, 1.54) is 12.1 Å². The number of carbonyl (C=O) groups is 3. The third-order valence-electron chi connectivity index (χ3n) is 2.49. The maximum absolute atomic E-state index is 11.7. The Balaban J connectivity index is 2.67. The van der Waals surface area contributed by atoms with Crippen LogP contribution in [0.15, 0.2) is 24.3 Å². The summed E-state index contributed by atoms with van der Waals surface area (Å²) in [7, 11) is 0. The van der Waals surface area contributed by atoms with Crippen molar-refractivity contribution in [3.05, 3.63) is 29.8 Å². The molecule has 0 spiro atoms. The van der Waals surface area contributed by atoms with Gasteiger partial charge in [-0.2, -0.15) is 0 Å². The van der Waals surface area contributed by atoms with Crippen LogP contribution in [-0.2, 0) is 9.59 Å². The molecule has 0 bridgehead atoms. The molecule has 0 aliphatic carbocycles. The number of aliphatic carboxylic acids is 1. The number of amides is 1. The van der Waals surface area contributed by atoms with Crippen LogP contribution >= 0.6 is 0 Å². The van der Waals surface area contributed by atoms with E-state index in [-0.39, 0.29) is 30.0 Å². The minimum atomic E-state index is -1.13. The van der Waals surface area contributed by atoms with Crippen LogP contribution in [0.25, 0.3) is 0 Å². The van der Waals surface area contributed by atoms with Gasteiger partial charge in [0.05, 0.1) is 11.3 Å². The zero-order valence-electron chi connectivity index (χ0n) is 10.4. The highest BCUT2D eigenvalue weighted by molar-refractivity contribution is 6.00. The number of hydrogen-bond donors (Lipinski definition) is 3. The first-order chi connectivity index (χ1) is 8.90. The Morgan fingerprint density at radius 1 is 1.16 bits per heavy atom. The first-order valence-electron chi connectivity index (χ1n) is 5.74. The van der Waals surface area contributed by atoms with Crippen molar-refractivity contribution in [3.8, 4) is 0 Å². The summed E-state index contributed by atoms with van der Waals surface area (Å²) in [6.07, 6.45) is -0.0751. The summed E-state index contributed by atoms with van der Waals surface area (Å²) in [5.41, 5.74) is 0.212. The Labute approximate surface area is 110 Å². The summed E-state index contributed by atoms with van der Waals surface area (Å²) in [6.45, 7) is 1.65. The molecule has 0 saturated heterocycles. The Morgan fingerprint density at radius 2 is 1.79 bits per heavy atom. The van der Waals surface area contributed by atoms with Crippen molar-refractivity contribution in [2.75, 3.05) is 5.32 Å². The van der Waals surface area contributed by atoms with E-state index in [4.69, 9.17) is 10.2 Å². The molecule has 0 aliphatic rings. The normalized spacial score (nSPS) is 11.6. The molecule has 3 N–H and O–H groups in total. The minimum Gasteiger partial charge on any atom is -0.481 e. The van der Waals surface area contributed by atoms with Gasteiger partial charge in [-0.3, -0.25) is 9.59 Å². The molecule has 1 rings (SSSR count). The van der Waals surface area contributed by atoms with Gasteiger partial charge >= 0.3 is 11.9 Å². The van der Waals surface area contributed by atoms with Gasteiger partial charge in [0.1, 0.15) is 0 Å². The van der Waals surface area contributed by atoms with Crippen molar-refractivity contribution >= 4 is 23.5 Å². The second-order valence-electron chi connectivity index (χ2n) is 4.31. The number of para-hydroxylation sites is 1. The number of anilines is 1. The van der Waals surface area contributed by atoms with Crippen molar-refractivity contribution in [1.29, 1.82) is 0 Å². The molecular formula is C13H15NO5. The summed E-state index contributed by atoms with van der Waals surface area (Å²) in [5.74, 6) is -2.81. The molecule has 0 aromatic heterocycles. The monoisotopic (exact) mass is 265 g/mol. The highest BCUT2D eigenvalue weighted by Gasteiger charge is 2.15. The van der Waals surface area contributed by atoms with E-state index in [0.29, 0.717) is 0 Å². The average Bonchev–Trinajstić information content (AvgIpc) is 2.27. The predicted octanol–water partition coefficient (Wildman–Crippen LogP) is 1.82. The minimum absolute atomic E-state index is 0.00161. The van der Waals surface area contributed by atoms with E-state index in [9.17, 15) is 14.4 Å². The lowest BCUT2D eigenvalue weighted by Gasteiger charge is -2.11. The first-order valence-corrected chi connectivity index (χ1v) is 5.74. The second kappa shape index (κ2) is 6.53. The Morgan fingerprint density at radius 3 is 2.37 bits per heavy atom. The van der Waals surface area contributed by atoms with Gasteiger partial charge in [0.25, 0.3) is 0 Å². The topological polar surface area (TPSA) is 104 Å². The maximum Gasteiger partial charge on any atom is 0.337 e. The number of carbonyl (C=O) groups excluding carboxylic acids is 1. The quantitative estimate of drug-likeness (QED) is 0.727. The van der Waals surface area contributed by atoms with Gasteiger partial charge in [0, 0.05) is 12.8 Å². The van der Waals surface area contributed by atoms with Gasteiger partial charge in [0.15, 0.2) is 0 Å². The SMILES string of the molecule is C[C@H](CC(=O)O)CC(=O)Nc1ccccc1C(=O)O. The van der Waals surface area contributed by atoms with Crippen molar-refractivity contribution < 1.29 is 24.6 Å². The molecule has 1 amide bonds. The zero-order valence-corrected chi connectivity index (χ0v) is 10.4. The van der Waals surface area contributed by atoms with E-state index in [0.717, 1.165) is 0 Å². The van der Waals surface area contributed by atoms with Gasteiger partial charge < -0.3 is 15.5 Å². The number of benzene rings is 1. The lowest BCUT2D eigenvalue weighted by Crippen LogP contribution is -2.18. The van der Waals surface area contributed by atoms with Crippen LogP contribution in [0.2, 0.25) is 0 Å². The summed E-state index contributed by atoms with van der Waals surface area (Å²) in [5, 5.41) is 20.0. The lowest BCUT2D eigenvalue weighted by atomic mass is 10.0. The Kier molecular flexibility index (Phi) is 5.05. The van der Waals surface area contributed by atoms with E-state index in [2.05, 4.69) is 5.32 Å². The molecule has 6 nitrogen and oxygen atoms in total. The first kappa shape index (κ1) is 14.7. The molecule has 19 heavy (non-hydrogen) atoms. The van der Waals surface area contributed by atoms with Gasteiger partial charge in [-0.05, 0) is 18.1 Å². The molecule has 0 unspecified atom stereocenters. The Bertz CT molecular complexity index is 498. The second-order valence-corrected chi connectivity index (χ2v) is 4.31. The Hall–Kier alpha value is -2.37. The third-order valence-corrected chi connectivity index (χ3v) is 2.49. The van der Waals surface area contributed by atoms with Gasteiger partial charge in [-0.15, -0.1) is 0 Å². The fourth-order valence-corrected chi connectivity index (χ4v) is 1.67. The van der Waals surface area contributed by atoms with Crippen LogP contribution < -0.4 is 5.32 Å². The van der Waals surface area contributed by atoms with Gasteiger partial charge in [0.2, 0.25) is 5.91 Å². The zero-order chi connectivity index (χ0) is 14.4. The van der Waals surface area contributed by atoms with Crippen LogP contribution in [0.4, 0.5) is 5.69 Å². The van der Waals surface area contributed by atoms with Crippen LogP contribution in [0.3, 0.4) is 0 Å². The predicted molar refractivity (Wildman–Crippen MR) is 68.1 cm³/mol. The molecule has 0 radical (unpaired) electrons. The summed E-state index contributed by atoms with van der Waals surface area (Å²) >= 11 is 0. The average molecular weight is 265 g/mol. The smallest absolute Gasteiger partial charge is 0.337 e. The molecular weight excluding hydrogens is 250 g/mol. The van der Waals surface area contributed by atoms with Crippen molar-refractivity contribution in [2.45, 2.75) is 19.8 Å². The summed E-state index contributed by atoms with van der Waals surface area (Å²) in [6, 6.07) is 6.05. The number of aromatic carboxylic acids is 1. The van der Waals surface area contributed by atoms with Crippen LogP contribution in [0.5, 0.6) is 0 Å². The third kappa shape index (κ3) is 4.79. The summed E-state index contributed by atoms with van der Waals surface area (Å²) < 4.78 is 0. The number of carboxylic acids is 2. The van der Waals surface area contributed by atoms with Crippen molar-refractivity contribution in [2.24, 2.45) is 5.92 Å². The number of rotatable bonds is 6. The largest absolute Gasteiger partial charge is 0.481 e. The summed E-state index contributed by atoms with van der Waals surface area (Å²) in [4.78, 5) is 33.1. The fourth-order valence-electron chi connectivity index (χ4n) is 1.67. The van der Waals surface area contributed by atoms with Crippen molar-refractivity contribution in [3.63, 3.8) is 0 Å². The molecule has 1 aromatic carbocycles. The van der Waals surface area contributed by atoms with Crippen LogP contribution in [0, 0.1) is 5.92 Å². The molecule has 0 fully saturated rings. The molecule has 6 heteroatoms. The molecule has 1 atom stereocenters. The highest BCUT2D eigenvalue weighted by atomic mass is 16.4. The highest BCUT2D eigenvalue weighted by Crippen LogP contribution is 2.16. The number of carboxylic acid groups (broad SMARTS) is 2. The van der Waals surface area contributed by atoms with E-state index >= 15 is 0 Å².